The molecule has 0 aromatic carbocycles. The van der Waals surface area contributed by atoms with Gasteiger partial charge in [0.15, 0.2) is 5.96 Å². The number of guanidine groups is 1. The fraction of sp³-hybridized carbons (Fsp3) is 0.800. The summed E-state index contributed by atoms with van der Waals surface area (Å²) in [5.74, 6) is 0.0880. The lowest BCUT2D eigenvalue weighted by atomic mass is 9.89. The highest BCUT2D eigenvalue weighted by Gasteiger charge is 2.21. The average molecular weight is 312 g/mol. The van der Waals surface area contributed by atoms with Crippen LogP contribution in [0, 0.1) is 5.92 Å². The molecular formula is C15H28N4O3. The van der Waals surface area contributed by atoms with Crippen LogP contribution in [0.3, 0.4) is 0 Å². The second kappa shape index (κ2) is 8.60. The lowest BCUT2D eigenvalue weighted by Crippen LogP contribution is -2.41. The molecule has 0 unspecified atom stereocenters. The molecule has 1 aliphatic rings. The van der Waals surface area contributed by atoms with E-state index in [0.717, 1.165) is 25.7 Å². The first-order chi connectivity index (χ1) is 10.3. The minimum atomic E-state index is -0.527. The molecule has 4 N–H and O–H groups in total. The van der Waals surface area contributed by atoms with Gasteiger partial charge in [0.25, 0.3) is 0 Å². The fourth-order valence-corrected chi connectivity index (χ4v) is 2.28. The van der Waals surface area contributed by atoms with Gasteiger partial charge in [0.1, 0.15) is 5.60 Å². The van der Waals surface area contributed by atoms with E-state index in [9.17, 15) is 9.59 Å². The number of alkyl carbamates (subject to hydrolysis) is 1. The molecule has 1 saturated carbocycles. The van der Waals surface area contributed by atoms with Crippen molar-refractivity contribution in [3.05, 3.63) is 0 Å². The Morgan fingerprint density at radius 1 is 1.23 bits per heavy atom. The molecule has 0 aliphatic heterocycles. The van der Waals surface area contributed by atoms with E-state index in [1.165, 1.54) is 6.42 Å². The molecule has 1 fully saturated rings. The molecule has 1 aliphatic carbocycles. The second-order valence-corrected chi connectivity index (χ2v) is 6.52. The SMILES string of the molecule is CC(C)(C)OC(=O)NCCN=C(N)NC(=O)C1CCCCC1. The Labute approximate surface area is 132 Å². The number of ether oxygens (including phenoxy) is 1. The topological polar surface area (TPSA) is 106 Å². The van der Waals surface area contributed by atoms with Crippen LogP contribution in [-0.2, 0) is 9.53 Å². The molecule has 0 saturated heterocycles. The van der Waals surface area contributed by atoms with Crippen molar-refractivity contribution >= 4 is 18.0 Å². The van der Waals surface area contributed by atoms with E-state index in [4.69, 9.17) is 10.5 Å². The first kappa shape index (κ1) is 18.3. The zero-order valence-electron chi connectivity index (χ0n) is 13.8. The molecule has 22 heavy (non-hydrogen) atoms. The molecule has 0 bridgehead atoms. The van der Waals surface area contributed by atoms with Gasteiger partial charge in [-0.05, 0) is 33.6 Å². The molecule has 0 aromatic heterocycles. The number of carbonyl (C=O) groups is 2. The molecule has 7 nitrogen and oxygen atoms in total. The number of carbonyl (C=O) groups excluding carboxylic acids is 2. The van der Waals surface area contributed by atoms with Gasteiger partial charge in [-0.1, -0.05) is 19.3 Å². The van der Waals surface area contributed by atoms with E-state index in [1.54, 1.807) is 20.8 Å². The maximum atomic E-state index is 11.9. The van der Waals surface area contributed by atoms with Gasteiger partial charge >= 0.3 is 6.09 Å². The molecule has 0 aromatic rings. The summed E-state index contributed by atoms with van der Waals surface area (Å²) in [5.41, 5.74) is 5.15. The number of nitrogens with zero attached hydrogens (tertiary/aromatic N) is 1. The van der Waals surface area contributed by atoms with E-state index < -0.39 is 11.7 Å². The maximum Gasteiger partial charge on any atom is 0.407 e. The summed E-state index contributed by atoms with van der Waals surface area (Å²) in [6.45, 7) is 5.97. The number of amides is 2. The van der Waals surface area contributed by atoms with Gasteiger partial charge in [0, 0.05) is 12.5 Å². The fourth-order valence-electron chi connectivity index (χ4n) is 2.28. The van der Waals surface area contributed by atoms with Crippen molar-refractivity contribution < 1.29 is 14.3 Å². The van der Waals surface area contributed by atoms with Crippen LogP contribution in [0.1, 0.15) is 52.9 Å². The van der Waals surface area contributed by atoms with Crippen LogP contribution in [0.25, 0.3) is 0 Å². The van der Waals surface area contributed by atoms with Crippen LogP contribution >= 0.6 is 0 Å². The quantitative estimate of drug-likeness (QED) is 0.416. The predicted molar refractivity (Wildman–Crippen MR) is 85.4 cm³/mol. The smallest absolute Gasteiger partial charge is 0.407 e. The zero-order chi connectivity index (χ0) is 16.6. The lowest BCUT2D eigenvalue weighted by Gasteiger charge is -2.20. The van der Waals surface area contributed by atoms with Gasteiger partial charge in [-0.2, -0.15) is 0 Å². The Bertz CT molecular complexity index is 410. The van der Waals surface area contributed by atoms with Crippen molar-refractivity contribution in [2.75, 3.05) is 13.1 Å². The molecule has 7 heteroatoms. The van der Waals surface area contributed by atoms with Gasteiger partial charge in [0.2, 0.25) is 5.91 Å². The van der Waals surface area contributed by atoms with Crippen LogP contribution in [0.15, 0.2) is 4.99 Å². The molecule has 126 valence electrons. The summed E-state index contributed by atoms with van der Waals surface area (Å²) >= 11 is 0. The standard InChI is InChI=1S/C15H28N4O3/c1-15(2,3)22-14(21)18-10-9-17-13(16)19-12(20)11-7-5-4-6-8-11/h11H,4-10H2,1-3H3,(H,18,21)(H3,16,17,19,20). The number of rotatable bonds is 4. The average Bonchev–Trinajstić information content (AvgIpc) is 2.42. The first-order valence-corrected chi connectivity index (χ1v) is 7.85. The third-order valence-corrected chi connectivity index (χ3v) is 3.29. The van der Waals surface area contributed by atoms with Gasteiger partial charge in [-0.3, -0.25) is 15.1 Å². The Hall–Kier alpha value is -1.79. The molecule has 0 radical (unpaired) electrons. The Morgan fingerprint density at radius 2 is 1.86 bits per heavy atom. The number of aliphatic imine (C=N–C) groups is 1. The van der Waals surface area contributed by atoms with Crippen molar-refractivity contribution in [3.8, 4) is 0 Å². The molecule has 0 atom stereocenters. The van der Waals surface area contributed by atoms with E-state index in [0.29, 0.717) is 6.54 Å². The summed E-state index contributed by atoms with van der Waals surface area (Å²) in [6, 6.07) is 0. The first-order valence-electron chi connectivity index (χ1n) is 7.85. The third-order valence-electron chi connectivity index (χ3n) is 3.29. The second-order valence-electron chi connectivity index (χ2n) is 6.52. The van der Waals surface area contributed by atoms with Crippen molar-refractivity contribution in [1.82, 2.24) is 10.6 Å². The number of hydrogen-bond donors (Lipinski definition) is 3. The third kappa shape index (κ3) is 7.85. The molecule has 2 amide bonds. The van der Waals surface area contributed by atoms with Crippen molar-refractivity contribution in [2.24, 2.45) is 16.6 Å². The van der Waals surface area contributed by atoms with Crippen LogP contribution in [0.5, 0.6) is 0 Å². The van der Waals surface area contributed by atoms with E-state index in [-0.39, 0.29) is 24.3 Å². The molecule has 1 rings (SSSR count). The maximum absolute atomic E-state index is 11.9. The van der Waals surface area contributed by atoms with Crippen LogP contribution in [-0.4, -0.2) is 36.7 Å². The summed E-state index contributed by atoms with van der Waals surface area (Å²) in [7, 11) is 0. The number of nitrogens with one attached hydrogen (secondary N) is 2. The normalized spacial score (nSPS) is 17.0. The van der Waals surface area contributed by atoms with Gasteiger partial charge in [0.05, 0.1) is 6.54 Å². The van der Waals surface area contributed by atoms with E-state index in [2.05, 4.69) is 15.6 Å². The Balaban J connectivity index is 2.22. The van der Waals surface area contributed by atoms with Crippen molar-refractivity contribution in [3.63, 3.8) is 0 Å². The number of nitrogens with two attached hydrogens (primary N) is 1. The van der Waals surface area contributed by atoms with Crippen LogP contribution in [0.4, 0.5) is 4.79 Å². The van der Waals surface area contributed by atoms with Crippen molar-refractivity contribution in [1.29, 1.82) is 0 Å². The van der Waals surface area contributed by atoms with E-state index >= 15 is 0 Å². The van der Waals surface area contributed by atoms with Crippen LogP contribution < -0.4 is 16.4 Å². The van der Waals surface area contributed by atoms with Gasteiger partial charge in [-0.25, -0.2) is 4.79 Å². The molecule has 0 spiro atoms. The lowest BCUT2D eigenvalue weighted by molar-refractivity contribution is -0.124. The monoisotopic (exact) mass is 312 g/mol. The highest BCUT2D eigenvalue weighted by Crippen LogP contribution is 2.23. The summed E-state index contributed by atoms with van der Waals surface area (Å²) in [5, 5.41) is 5.20. The summed E-state index contributed by atoms with van der Waals surface area (Å²) in [4.78, 5) is 27.4. The van der Waals surface area contributed by atoms with Gasteiger partial charge in [-0.15, -0.1) is 0 Å². The summed E-state index contributed by atoms with van der Waals surface area (Å²) < 4.78 is 5.09. The van der Waals surface area contributed by atoms with Crippen molar-refractivity contribution in [2.45, 2.75) is 58.5 Å². The van der Waals surface area contributed by atoms with Crippen LogP contribution in [0.2, 0.25) is 0 Å². The molecular weight excluding hydrogens is 284 g/mol. The minimum Gasteiger partial charge on any atom is -0.444 e. The highest BCUT2D eigenvalue weighted by molar-refractivity contribution is 5.97. The largest absolute Gasteiger partial charge is 0.444 e. The minimum absolute atomic E-state index is 0.0439. The number of hydrogen-bond acceptors (Lipinski definition) is 4. The van der Waals surface area contributed by atoms with Gasteiger partial charge < -0.3 is 15.8 Å². The predicted octanol–water partition coefficient (Wildman–Crippen LogP) is 1.52. The zero-order valence-corrected chi connectivity index (χ0v) is 13.8. The molecule has 0 heterocycles. The highest BCUT2D eigenvalue weighted by atomic mass is 16.6. The summed E-state index contributed by atoms with van der Waals surface area (Å²) in [6.07, 6.45) is 4.72. The Kier molecular flexibility index (Phi) is 7.14. The Morgan fingerprint density at radius 3 is 2.45 bits per heavy atom. The van der Waals surface area contributed by atoms with E-state index in [1.807, 2.05) is 0 Å².